The van der Waals surface area contributed by atoms with Crippen molar-refractivity contribution in [2.75, 3.05) is 26.4 Å². The van der Waals surface area contributed by atoms with Gasteiger partial charge in [-0.05, 0) is 12.1 Å². The van der Waals surface area contributed by atoms with Gasteiger partial charge in [0.1, 0.15) is 4.21 Å². The number of carboxylic acid groups (broad SMARTS) is 1. The molecule has 1 saturated heterocycles. The number of carboxylic acids is 1. The third-order valence-electron chi connectivity index (χ3n) is 2.61. The van der Waals surface area contributed by atoms with E-state index in [1.54, 1.807) is 0 Å². The quantitative estimate of drug-likeness (QED) is 0.769. The SMILES string of the molecule is O=C(O)Cc1ccc(S(=O)(=O)NCC2COCCO2)s1. The summed E-state index contributed by atoms with van der Waals surface area (Å²) in [6, 6.07) is 2.91. The number of rotatable bonds is 6. The molecule has 20 heavy (non-hydrogen) atoms. The minimum atomic E-state index is -3.63. The fraction of sp³-hybridized carbons (Fsp3) is 0.545. The van der Waals surface area contributed by atoms with Crippen LogP contribution in [0.15, 0.2) is 16.3 Å². The minimum absolute atomic E-state index is 0.102. The first-order valence-corrected chi connectivity index (χ1v) is 8.27. The lowest BCUT2D eigenvalue weighted by molar-refractivity contribution is -0.136. The van der Waals surface area contributed by atoms with Crippen LogP contribution in [0.1, 0.15) is 4.88 Å². The van der Waals surface area contributed by atoms with Gasteiger partial charge in [-0.15, -0.1) is 11.3 Å². The first kappa shape index (κ1) is 15.4. The van der Waals surface area contributed by atoms with E-state index in [1.165, 1.54) is 12.1 Å². The van der Waals surface area contributed by atoms with Gasteiger partial charge in [-0.3, -0.25) is 4.79 Å². The Bertz CT molecular complexity index is 561. The predicted molar refractivity (Wildman–Crippen MR) is 71.4 cm³/mol. The van der Waals surface area contributed by atoms with Crippen LogP contribution in [0.5, 0.6) is 0 Å². The van der Waals surface area contributed by atoms with E-state index in [4.69, 9.17) is 14.6 Å². The molecule has 0 aromatic carbocycles. The highest BCUT2D eigenvalue weighted by Gasteiger charge is 2.21. The number of ether oxygens (including phenoxy) is 2. The van der Waals surface area contributed by atoms with Crippen LogP contribution in [0.4, 0.5) is 0 Å². The second-order valence-corrected chi connectivity index (χ2v) is 7.37. The van der Waals surface area contributed by atoms with Crippen molar-refractivity contribution in [1.29, 1.82) is 0 Å². The average Bonchev–Trinajstić information content (AvgIpc) is 2.86. The van der Waals surface area contributed by atoms with E-state index in [0.29, 0.717) is 24.7 Å². The van der Waals surface area contributed by atoms with Gasteiger partial charge in [-0.25, -0.2) is 13.1 Å². The second kappa shape index (κ2) is 6.64. The van der Waals surface area contributed by atoms with Crippen molar-refractivity contribution in [3.8, 4) is 0 Å². The summed E-state index contributed by atoms with van der Waals surface area (Å²) >= 11 is 0.951. The molecule has 1 unspecified atom stereocenters. The number of sulfonamides is 1. The van der Waals surface area contributed by atoms with Gasteiger partial charge in [-0.2, -0.15) is 0 Å². The summed E-state index contributed by atoms with van der Waals surface area (Å²) < 4.78 is 37.1. The Balaban J connectivity index is 1.95. The second-order valence-electron chi connectivity index (χ2n) is 4.21. The third-order valence-corrected chi connectivity index (χ3v) is 5.61. The molecule has 2 N–H and O–H groups in total. The van der Waals surface area contributed by atoms with Crippen LogP contribution in [-0.2, 0) is 30.7 Å². The molecular formula is C11H15NO6S2. The monoisotopic (exact) mass is 321 g/mol. The number of hydrogen-bond donors (Lipinski definition) is 2. The lowest BCUT2D eigenvalue weighted by Gasteiger charge is -2.22. The molecule has 1 atom stereocenters. The predicted octanol–water partition coefficient (Wildman–Crippen LogP) is 0.0689. The highest BCUT2D eigenvalue weighted by atomic mass is 32.2. The lowest BCUT2D eigenvalue weighted by Crippen LogP contribution is -2.39. The Morgan fingerprint density at radius 2 is 2.25 bits per heavy atom. The van der Waals surface area contributed by atoms with Gasteiger partial charge >= 0.3 is 5.97 Å². The number of aliphatic carboxylic acids is 1. The molecule has 0 bridgehead atoms. The average molecular weight is 321 g/mol. The molecule has 0 aliphatic carbocycles. The van der Waals surface area contributed by atoms with Crippen molar-refractivity contribution in [2.24, 2.45) is 0 Å². The molecule has 112 valence electrons. The molecule has 1 aromatic heterocycles. The molecule has 1 fully saturated rings. The van der Waals surface area contributed by atoms with E-state index in [2.05, 4.69) is 4.72 Å². The molecule has 2 rings (SSSR count). The number of thiophene rings is 1. The zero-order valence-electron chi connectivity index (χ0n) is 10.6. The molecule has 2 heterocycles. The van der Waals surface area contributed by atoms with Gasteiger partial charge < -0.3 is 14.6 Å². The molecule has 0 spiro atoms. The lowest BCUT2D eigenvalue weighted by atomic mass is 10.3. The third kappa shape index (κ3) is 4.25. The highest BCUT2D eigenvalue weighted by Crippen LogP contribution is 2.22. The molecule has 9 heteroatoms. The van der Waals surface area contributed by atoms with Gasteiger partial charge in [0.15, 0.2) is 0 Å². The van der Waals surface area contributed by atoms with Crippen molar-refractivity contribution in [2.45, 2.75) is 16.7 Å². The highest BCUT2D eigenvalue weighted by molar-refractivity contribution is 7.91. The maximum atomic E-state index is 12.0. The Morgan fingerprint density at radius 1 is 1.45 bits per heavy atom. The smallest absolute Gasteiger partial charge is 0.308 e. The van der Waals surface area contributed by atoms with Crippen molar-refractivity contribution in [3.05, 3.63) is 17.0 Å². The summed E-state index contributed by atoms with van der Waals surface area (Å²) in [5.74, 6) is -0.989. The normalized spacial score (nSPS) is 19.9. The maximum absolute atomic E-state index is 12.0. The summed E-state index contributed by atoms with van der Waals surface area (Å²) in [6.07, 6.45) is -0.475. The largest absolute Gasteiger partial charge is 0.481 e. The molecule has 1 aliphatic rings. The molecule has 1 aromatic rings. The van der Waals surface area contributed by atoms with Crippen molar-refractivity contribution < 1.29 is 27.8 Å². The Morgan fingerprint density at radius 3 is 2.90 bits per heavy atom. The Kier molecular flexibility index (Phi) is 5.11. The Labute approximate surface area is 120 Å². The van der Waals surface area contributed by atoms with E-state index >= 15 is 0 Å². The van der Waals surface area contributed by atoms with E-state index in [9.17, 15) is 13.2 Å². The van der Waals surface area contributed by atoms with Crippen LogP contribution in [-0.4, -0.2) is 52.0 Å². The fourth-order valence-electron chi connectivity index (χ4n) is 1.67. The molecule has 0 saturated carbocycles. The molecule has 1 aliphatic heterocycles. The van der Waals surface area contributed by atoms with Crippen LogP contribution in [0, 0.1) is 0 Å². The van der Waals surface area contributed by atoms with E-state index in [1.807, 2.05) is 0 Å². The number of hydrogen-bond acceptors (Lipinski definition) is 6. The minimum Gasteiger partial charge on any atom is -0.481 e. The summed E-state index contributed by atoms with van der Waals surface area (Å²) in [4.78, 5) is 11.1. The maximum Gasteiger partial charge on any atom is 0.308 e. The van der Waals surface area contributed by atoms with Gasteiger partial charge in [-0.1, -0.05) is 0 Å². The van der Waals surface area contributed by atoms with Crippen LogP contribution < -0.4 is 4.72 Å². The Hall–Kier alpha value is -1.00. The first-order chi connectivity index (χ1) is 9.47. The summed E-state index contributed by atoms with van der Waals surface area (Å²) in [7, 11) is -3.63. The van der Waals surface area contributed by atoms with Crippen molar-refractivity contribution in [1.82, 2.24) is 4.72 Å². The molecule has 7 nitrogen and oxygen atoms in total. The van der Waals surface area contributed by atoms with Crippen LogP contribution in [0.3, 0.4) is 0 Å². The summed E-state index contributed by atoms with van der Waals surface area (Å²) in [5.41, 5.74) is 0. The van der Waals surface area contributed by atoms with Gasteiger partial charge in [0, 0.05) is 11.4 Å². The van der Waals surface area contributed by atoms with E-state index < -0.39 is 16.0 Å². The van der Waals surface area contributed by atoms with Crippen LogP contribution in [0.25, 0.3) is 0 Å². The first-order valence-electron chi connectivity index (χ1n) is 5.97. The molecule has 0 radical (unpaired) electrons. The van der Waals surface area contributed by atoms with Gasteiger partial charge in [0.2, 0.25) is 10.0 Å². The van der Waals surface area contributed by atoms with Crippen molar-refractivity contribution in [3.63, 3.8) is 0 Å². The number of carbonyl (C=O) groups is 1. The van der Waals surface area contributed by atoms with Gasteiger partial charge in [0.25, 0.3) is 0 Å². The van der Waals surface area contributed by atoms with E-state index in [-0.39, 0.29) is 23.3 Å². The zero-order chi connectivity index (χ0) is 14.6. The molecule has 0 amide bonds. The molecular weight excluding hydrogens is 306 g/mol. The summed E-state index contributed by atoms with van der Waals surface area (Å²) in [6.45, 7) is 1.46. The van der Waals surface area contributed by atoms with Crippen LogP contribution >= 0.6 is 11.3 Å². The fourth-order valence-corrected chi connectivity index (χ4v) is 4.13. The summed E-state index contributed by atoms with van der Waals surface area (Å²) in [5, 5.41) is 8.66. The standard InChI is InChI=1S/C11H15NO6S2/c13-10(14)5-9-1-2-11(19-9)20(15,16)12-6-8-7-17-3-4-18-8/h1-2,8,12H,3-7H2,(H,13,14). The number of nitrogens with one attached hydrogen (secondary N) is 1. The van der Waals surface area contributed by atoms with Gasteiger partial charge in [0.05, 0.1) is 32.3 Å². The van der Waals surface area contributed by atoms with E-state index in [0.717, 1.165) is 11.3 Å². The van der Waals surface area contributed by atoms with Crippen molar-refractivity contribution >= 4 is 27.3 Å². The topological polar surface area (TPSA) is 102 Å². The van der Waals surface area contributed by atoms with Crippen LogP contribution in [0.2, 0.25) is 0 Å². The zero-order valence-corrected chi connectivity index (χ0v) is 12.2.